The highest BCUT2D eigenvalue weighted by Gasteiger charge is 2.29. The third-order valence-electron chi connectivity index (χ3n) is 2.90. The number of amides is 1. The Morgan fingerprint density at radius 2 is 2.20 bits per heavy atom. The lowest BCUT2D eigenvalue weighted by atomic mass is 10.1. The van der Waals surface area contributed by atoms with Crippen molar-refractivity contribution < 1.29 is 24.1 Å². The molecule has 2 atom stereocenters. The number of hydrogen-bond donors (Lipinski definition) is 2. The van der Waals surface area contributed by atoms with Gasteiger partial charge in [-0.2, -0.15) is 0 Å². The van der Waals surface area contributed by atoms with Crippen LogP contribution in [0.2, 0.25) is 0 Å². The highest BCUT2D eigenvalue weighted by Crippen LogP contribution is 2.30. The quantitative estimate of drug-likeness (QED) is 0.814. The predicted octanol–water partition coefficient (Wildman–Crippen LogP) is 0.340. The minimum Gasteiger partial charge on any atom is -0.485 e. The smallest absolute Gasteiger partial charge is 0.264 e. The molecule has 1 aromatic rings. The van der Waals surface area contributed by atoms with E-state index in [-0.39, 0.29) is 25.7 Å². The lowest BCUT2D eigenvalue weighted by Crippen LogP contribution is -2.50. The predicted molar refractivity (Wildman–Crippen MR) is 71.9 cm³/mol. The molecule has 20 heavy (non-hydrogen) atoms. The molecule has 0 aliphatic carbocycles. The molecule has 1 heterocycles. The Bertz CT molecular complexity index is 474. The van der Waals surface area contributed by atoms with Crippen LogP contribution in [0, 0.1) is 0 Å². The average molecular weight is 281 g/mol. The summed E-state index contributed by atoms with van der Waals surface area (Å²) in [4.78, 5) is 12.0. The summed E-state index contributed by atoms with van der Waals surface area (Å²) in [6, 6.07) is 7.18. The molecule has 0 bridgehead atoms. The SMILES string of the molecule is COCC(C)(O)CNC(=O)C1COc2ccccc2O1. The zero-order valence-electron chi connectivity index (χ0n) is 11.6. The monoisotopic (exact) mass is 281 g/mol. The van der Waals surface area contributed by atoms with Crippen molar-refractivity contribution in [3.63, 3.8) is 0 Å². The van der Waals surface area contributed by atoms with Crippen LogP contribution in [0.5, 0.6) is 11.5 Å². The second-order valence-electron chi connectivity index (χ2n) is 5.01. The van der Waals surface area contributed by atoms with E-state index in [9.17, 15) is 9.90 Å². The van der Waals surface area contributed by atoms with E-state index < -0.39 is 11.7 Å². The molecule has 0 fully saturated rings. The largest absolute Gasteiger partial charge is 0.485 e. The molecule has 2 unspecified atom stereocenters. The van der Waals surface area contributed by atoms with Gasteiger partial charge in [-0.25, -0.2) is 0 Å². The van der Waals surface area contributed by atoms with Crippen molar-refractivity contribution in [3.05, 3.63) is 24.3 Å². The summed E-state index contributed by atoms with van der Waals surface area (Å²) < 4.78 is 15.9. The summed E-state index contributed by atoms with van der Waals surface area (Å²) in [5.74, 6) is 0.848. The zero-order chi connectivity index (χ0) is 14.6. The molecule has 0 saturated heterocycles. The number of nitrogens with one attached hydrogen (secondary N) is 1. The number of carbonyl (C=O) groups excluding carboxylic acids is 1. The summed E-state index contributed by atoms with van der Waals surface area (Å²) >= 11 is 0. The van der Waals surface area contributed by atoms with E-state index in [0.29, 0.717) is 11.5 Å². The van der Waals surface area contributed by atoms with Crippen LogP contribution < -0.4 is 14.8 Å². The molecule has 2 N–H and O–H groups in total. The highest BCUT2D eigenvalue weighted by atomic mass is 16.6. The maximum absolute atomic E-state index is 12.0. The van der Waals surface area contributed by atoms with Crippen molar-refractivity contribution in [3.8, 4) is 11.5 Å². The van der Waals surface area contributed by atoms with Crippen molar-refractivity contribution in [1.29, 1.82) is 0 Å². The molecular formula is C14H19NO5. The van der Waals surface area contributed by atoms with E-state index in [2.05, 4.69) is 5.32 Å². The van der Waals surface area contributed by atoms with Gasteiger partial charge in [0, 0.05) is 13.7 Å². The average Bonchev–Trinajstić information content (AvgIpc) is 2.44. The van der Waals surface area contributed by atoms with E-state index >= 15 is 0 Å². The van der Waals surface area contributed by atoms with Gasteiger partial charge >= 0.3 is 0 Å². The van der Waals surface area contributed by atoms with Crippen LogP contribution in [0.25, 0.3) is 0 Å². The molecule has 1 amide bonds. The molecule has 0 aromatic heterocycles. The lowest BCUT2D eigenvalue weighted by Gasteiger charge is -2.27. The number of methoxy groups -OCH3 is 1. The first-order valence-electron chi connectivity index (χ1n) is 6.39. The Hall–Kier alpha value is -1.79. The molecule has 2 rings (SSSR count). The van der Waals surface area contributed by atoms with Crippen LogP contribution in [0.4, 0.5) is 0 Å². The summed E-state index contributed by atoms with van der Waals surface area (Å²) in [5, 5.41) is 12.5. The molecule has 6 nitrogen and oxygen atoms in total. The van der Waals surface area contributed by atoms with Crippen LogP contribution in [-0.4, -0.2) is 49.6 Å². The number of ether oxygens (including phenoxy) is 3. The van der Waals surface area contributed by atoms with E-state index in [0.717, 1.165) is 0 Å². The highest BCUT2D eigenvalue weighted by molar-refractivity contribution is 5.81. The summed E-state index contributed by atoms with van der Waals surface area (Å²) in [5.41, 5.74) is -1.11. The van der Waals surface area contributed by atoms with E-state index in [4.69, 9.17) is 14.2 Å². The maximum atomic E-state index is 12.0. The Balaban J connectivity index is 1.89. The van der Waals surface area contributed by atoms with Crippen LogP contribution in [0.3, 0.4) is 0 Å². The van der Waals surface area contributed by atoms with Gasteiger partial charge in [0.2, 0.25) is 6.10 Å². The minimum absolute atomic E-state index is 0.0845. The number of rotatable bonds is 5. The molecule has 110 valence electrons. The fourth-order valence-electron chi connectivity index (χ4n) is 1.90. The Morgan fingerprint density at radius 3 is 2.90 bits per heavy atom. The third kappa shape index (κ3) is 3.61. The number of aliphatic hydroxyl groups is 1. The van der Waals surface area contributed by atoms with Crippen LogP contribution in [0.1, 0.15) is 6.92 Å². The topological polar surface area (TPSA) is 77.0 Å². The Kier molecular flexibility index (Phi) is 4.46. The lowest BCUT2D eigenvalue weighted by molar-refractivity contribution is -0.132. The van der Waals surface area contributed by atoms with Gasteiger partial charge in [0.05, 0.1) is 6.61 Å². The Morgan fingerprint density at radius 1 is 1.50 bits per heavy atom. The molecule has 1 aliphatic heterocycles. The van der Waals surface area contributed by atoms with Gasteiger partial charge in [0.15, 0.2) is 11.5 Å². The second kappa shape index (κ2) is 6.11. The second-order valence-corrected chi connectivity index (χ2v) is 5.01. The van der Waals surface area contributed by atoms with Crippen molar-refractivity contribution in [2.45, 2.75) is 18.6 Å². The van der Waals surface area contributed by atoms with Crippen molar-refractivity contribution in [2.75, 3.05) is 26.9 Å². The van der Waals surface area contributed by atoms with Gasteiger partial charge in [-0.15, -0.1) is 0 Å². The number of fused-ring (bicyclic) bond motifs is 1. The van der Waals surface area contributed by atoms with E-state index in [1.807, 2.05) is 12.1 Å². The molecule has 1 aliphatic rings. The molecule has 0 saturated carbocycles. The Labute approximate surface area is 117 Å². The van der Waals surface area contributed by atoms with Gasteiger partial charge in [0.25, 0.3) is 5.91 Å². The number of carbonyl (C=O) groups is 1. The first-order chi connectivity index (χ1) is 9.52. The van der Waals surface area contributed by atoms with Gasteiger partial charge in [-0.1, -0.05) is 12.1 Å². The molecule has 0 spiro atoms. The van der Waals surface area contributed by atoms with Gasteiger partial charge in [0.1, 0.15) is 12.2 Å². The number of benzene rings is 1. The van der Waals surface area contributed by atoms with Crippen LogP contribution >= 0.6 is 0 Å². The third-order valence-corrected chi connectivity index (χ3v) is 2.90. The van der Waals surface area contributed by atoms with Gasteiger partial charge < -0.3 is 24.6 Å². The van der Waals surface area contributed by atoms with Crippen LogP contribution in [0.15, 0.2) is 24.3 Å². The molecule has 6 heteroatoms. The van der Waals surface area contributed by atoms with E-state index in [1.165, 1.54) is 7.11 Å². The maximum Gasteiger partial charge on any atom is 0.264 e. The first-order valence-corrected chi connectivity index (χ1v) is 6.39. The molecule has 1 aromatic carbocycles. The van der Waals surface area contributed by atoms with Crippen molar-refractivity contribution in [2.24, 2.45) is 0 Å². The molecule has 0 radical (unpaired) electrons. The van der Waals surface area contributed by atoms with Crippen molar-refractivity contribution in [1.82, 2.24) is 5.32 Å². The zero-order valence-corrected chi connectivity index (χ0v) is 11.6. The molecular weight excluding hydrogens is 262 g/mol. The number of hydrogen-bond acceptors (Lipinski definition) is 5. The first kappa shape index (κ1) is 14.6. The standard InChI is InChI=1S/C14H19NO5/c1-14(17,9-18-2)8-15-13(16)12-7-19-10-5-3-4-6-11(10)20-12/h3-6,12,17H,7-9H2,1-2H3,(H,15,16). The van der Waals surface area contributed by atoms with Gasteiger partial charge in [-0.3, -0.25) is 4.79 Å². The number of para-hydroxylation sites is 2. The fourth-order valence-corrected chi connectivity index (χ4v) is 1.90. The summed E-state index contributed by atoms with van der Waals surface area (Å²) in [6.45, 7) is 1.96. The fraction of sp³-hybridized carbons (Fsp3) is 0.500. The summed E-state index contributed by atoms with van der Waals surface area (Å²) in [6.07, 6.45) is -0.719. The van der Waals surface area contributed by atoms with Crippen molar-refractivity contribution >= 4 is 5.91 Å². The normalized spacial score (nSPS) is 20.1. The van der Waals surface area contributed by atoms with Gasteiger partial charge in [-0.05, 0) is 19.1 Å². The van der Waals surface area contributed by atoms with Crippen LogP contribution in [-0.2, 0) is 9.53 Å². The van der Waals surface area contributed by atoms with E-state index in [1.54, 1.807) is 19.1 Å². The summed E-state index contributed by atoms with van der Waals surface area (Å²) in [7, 11) is 1.49. The minimum atomic E-state index is -1.11.